The smallest absolute Gasteiger partial charge is 0.166 e. The molecular weight excluding hydrogens is 263 g/mol. The van der Waals surface area contributed by atoms with Crippen LogP contribution in [-0.4, -0.2) is 16.7 Å². The lowest BCUT2D eigenvalue weighted by Crippen LogP contribution is -1.87. The van der Waals surface area contributed by atoms with Gasteiger partial charge < -0.3 is 5.11 Å². The van der Waals surface area contributed by atoms with Crippen LogP contribution < -0.4 is 0 Å². The van der Waals surface area contributed by atoms with Crippen molar-refractivity contribution in [2.24, 2.45) is 0 Å². The topological polar surface area (TPSA) is 37.3 Å². The van der Waals surface area contributed by atoms with Crippen LogP contribution in [0.1, 0.15) is 22.3 Å². The molecule has 1 aromatic carbocycles. The molecule has 0 bridgehead atoms. The number of halogens is 2. The summed E-state index contributed by atoms with van der Waals surface area (Å²) in [5, 5.41) is 9.98. The first-order chi connectivity index (χ1) is 7.19. The predicted octanol–water partition coefficient (Wildman–Crippen LogP) is 3.14. The number of rotatable bonds is 4. The number of phenols is 1. The molecule has 1 aromatic rings. The minimum absolute atomic E-state index is 0.0338. The van der Waals surface area contributed by atoms with E-state index in [-0.39, 0.29) is 5.56 Å². The van der Waals surface area contributed by atoms with E-state index in [0.717, 1.165) is 11.8 Å². The summed E-state index contributed by atoms with van der Waals surface area (Å²) in [5.41, 5.74) is 0.529. The minimum atomic E-state index is -0.780. The molecule has 0 fully saturated rings. The van der Waals surface area contributed by atoms with Gasteiger partial charge >= 0.3 is 0 Å². The molecule has 0 aliphatic heterocycles. The SMILES string of the molecule is O=Cc1cc(C=CCCBr)cc(F)c1O. The summed E-state index contributed by atoms with van der Waals surface area (Å²) in [4.78, 5) is 10.5. The third kappa shape index (κ3) is 3.16. The Balaban J connectivity index is 3.00. The second kappa shape index (κ2) is 5.66. The fraction of sp³-hybridized carbons (Fsp3) is 0.182. The van der Waals surface area contributed by atoms with Crippen molar-refractivity contribution in [2.45, 2.75) is 6.42 Å². The lowest BCUT2D eigenvalue weighted by Gasteiger charge is -2.01. The van der Waals surface area contributed by atoms with Crippen LogP contribution in [0, 0.1) is 5.82 Å². The average Bonchev–Trinajstić information content (AvgIpc) is 2.23. The lowest BCUT2D eigenvalue weighted by molar-refractivity contribution is 0.112. The highest BCUT2D eigenvalue weighted by Crippen LogP contribution is 2.22. The molecule has 0 saturated heterocycles. The molecule has 80 valence electrons. The minimum Gasteiger partial charge on any atom is -0.504 e. The summed E-state index contributed by atoms with van der Waals surface area (Å²) in [7, 11) is 0. The zero-order valence-electron chi connectivity index (χ0n) is 7.91. The summed E-state index contributed by atoms with van der Waals surface area (Å²) in [5.74, 6) is -1.37. The van der Waals surface area contributed by atoms with E-state index >= 15 is 0 Å². The molecule has 0 saturated carbocycles. The van der Waals surface area contributed by atoms with Crippen LogP contribution in [-0.2, 0) is 0 Å². The third-order valence-corrected chi connectivity index (χ3v) is 2.29. The second-order valence-electron chi connectivity index (χ2n) is 2.94. The number of hydrogen-bond donors (Lipinski definition) is 1. The first kappa shape index (κ1) is 11.9. The highest BCUT2D eigenvalue weighted by atomic mass is 79.9. The molecule has 0 amide bonds. The number of carbonyl (C=O) groups excluding carboxylic acids is 1. The number of aromatic hydroxyl groups is 1. The van der Waals surface area contributed by atoms with Crippen LogP contribution in [0.4, 0.5) is 4.39 Å². The van der Waals surface area contributed by atoms with Crippen LogP contribution in [0.15, 0.2) is 18.2 Å². The van der Waals surface area contributed by atoms with Crippen molar-refractivity contribution in [3.05, 3.63) is 35.2 Å². The van der Waals surface area contributed by atoms with Crippen LogP contribution in [0.25, 0.3) is 6.08 Å². The molecular formula is C11H10BrFO2. The number of benzene rings is 1. The summed E-state index contributed by atoms with van der Waals surface area (Å²) in [6.07, 6.45) is 4.81. The van der Waals surface area contributed by atoms with Gasteiger partial charge in [0.2, 0.25) is 0 Å². The summed E-state index contributed by atoms with van der Waals surface area (Å²) >= 11 is 3.26. The van der Waals surface area contributed by atoms with Crippen LogP contribution in [0.3, 0.4) is 0 Å². The molecule has 0 heterocycles. The Morgan fingerprint density at radius 1 is 1.47 bits per heavy atom. The Hall–Kier alpha value is -1.16. The standard InChI is InChI=1S/C11H10BrFO2/c12-4-2-1-3-8-5-9(7-14)11(15)10(13)6-8/h1,3,5-7,15H,2,4H2. The van der Waals surface area contributed by atoms with Crippen LogP contribution >= 0.6 is 15.9 Å². The predicted molar refractivity (Wildman–Crippen MR) is 60.9 cm³/mol. The number of aldehydes is 1. The van der Waals surface area contributed by atoms with Gasteiger partial charge in [0.1, 0.15) is 0 Å². The number of allylic oxidation sites excluding steroid dienone is 1. The molecule has 0 aliphatic rings. The number of alkyl halides is 1. The van der Waals surface area contributed by atoms with Crippen molar-refractivity contribution >= 4 is 28.3 Å². The zero-order valence-corrected chi connectivity index (χ0v) is 9.50. The first-order valence-corrected chi connectivity index (χ1v) is 5.51. The van der Waals surface area contributed by atoms with Gasteiger partial charge in [-0.15, -0.1) is 0 Å². The molecule has 2 nitrogen and oxygen atoms in total. The second-order valence-corrected chi connectivity index (χ2v) is 3.73. The molecule has 0 unspecified atom stereocenters. The zero-order chi connectivity index (χ0) is 11.3. The Morgan fingerprint density at radius 3 is 2.80 bits per heavy atom. The van der Waals surface area contributed by atoms with E-state index in [1.165, 1.54) is 12.1 Å². The highest BCUT2D eigenvalue weighted by molar-refractivity contribution is 9.09. The highest BCUT2D eigenvalue weighted by Gasteiger charge is 2.07. The Bertz CT molecular complexity index is 388. The molecule has 4 heteroatoms. The first-order valence-electron chi connectivity index (χ1n) is 4.39. The summed E-state index contributed by atoms with van der Waals surface area (Å²) in [6.45, 7) is 0. The normalized spacial score (nSPS) is 10.8. The van der Waals surface area contributed by atoms with Gasteiger partial charge in [-0.25, -0.2) is 4.39 Å². The Morgan fingerprint density at radius 2 is 2.20 bits per heavy atom. The van der Waals surface area contributed by atoms with E-state index in [9.17, 15) is 9.18 Å². The van der Waals surface area contributed by atoms with Crippen LogP contribution in [0.5, 0.6) is 5.75 Å². The maximum Gasteiger partial charge on any atom is 0.166 e. The molecule has 1 N–H and O–H groups in total. The fourth-order valence-corrected chi connectivity index (χ4v) is 1.37. The molecule has 1 rings (SSSR count). The van der Waals surface area contributed by atoms with Gasteiger partial charge in [-0.3, -0.25) is 4.79 Å². The van der Waals surface area contributed by atoms with E-state index in [2.05, 4.69) is 15.9 Å². The van der Waals surface area contributed by atoms with Crippen molar-refractivity contribution < 1.29 is 14.3 Å². The Labute approximate surface area is 95.6 Å². The number of phenolic OH excluding ortho intramolecular Hbond substituents is 1. The maximum atomic E-state index is 13.1. The average molecular weight is 273 g/mol. The van der Waals surface area contributed by atoms with Gasteiger partial charge in [0.05, 0.1) is 5.56 Å². The van der Waals surface area contributed by atoms with Crippen LogP contribution in [0.2, 0.25) is 0 Å². The molecule has 0 aliphatic carbocycles. The maximum absolute atomic E-state index is 13.1. The number of carbonyl (C=O) groups is 1. The largest absolute Gasteiger partial charge is 0.504 e. The van der Waals surface area contributed by atoms with E-state index in [0.29, 0.717) is 11.8 Å². The van der Waals surface area contributed by atoms with Gasteiger partial charge in [-0.2, -0.15) is 0 Å². The van der Waals surface area contributed by atoms with Gasteiger partial charge in [0, 0.05) is 5.33 Å². The summed E-state index contributed by atoms with van der Waals surface area (Å²) in [6, 6.07) is 2.63. The molecule has 15 heavy (non-hydrogen) atoms. The fourth-order valence-electron chi connectivity index (χ4n) is 1.11. The quantitative estimate of drug-likeness (QED) is 0.676. The van der Waals surface area contributed by atoms with Gasteiger partial charge in [-0.1, -0.05) is 28.1 Å². The third-order valence-electron chi connectivity index (χ3n) is 1.83. The van der Waals surface area contributed by atoms with E-state index in [1.54, 1.807) is 6.08 Å². The molecule has 0 atom stereocenters. The van der Waals surface area contributed by atoms with Gasteiger partial charge in [-0.05, 0) is 24.1 Å². The Kier molecular flexibility index (Phi) is 4.49. The van der Waals surface area contributed by atoms with Gasteiger partial charge in [0.15, 0.2) is 17.9 Å². The van der Waals surface area contributed by atoms with Crippen molar-refractivity contribution in [1.82, 2.24) is 0 Å². The van der Waals surface area contributed by atoms with E-state index < -0.39 is 11.6 Å². The van der Waals surface area contributed by atoms with E-state index in [1.807, 2.05) is 6.08 Å². The van der Waals surface area contributed by atoms with E-state index in [4.69, 9.17) is 5.11 Å². The molecule has 0 aromatic heterocycles. The summed E-state index contributed by atoms with van der Waals surface area (Å²) < 4.78 is 13.1. The monoisotopic (exact) mass is 272 g/mol. The van der Waals surface area contributed by atoms with Gasteiger partial charge in [0.25, 0.3) is 0 Å². The molecule has 0 spiro atoms. The van der Waals surface area contributed by atoms with Crippen molar-refractivity contribution in [1.29, 1.82) is 0 Å². The lowest BCUT2D eigenvalue weighted by atomic mass is 10.1. The van der Waals surface area contributed by atoms with Crippen molar-refractivity contribution in [3.8, 4) is 5.75 Å². The number of hydrogen-bond acceptors (Lipinski definition) is 2. The van der Waals surface area contributed by atoms with Crippen molar-refractivity contribution in [2.75, 3.05) is 5.33 Å². The molecule has 0 radical (unpaired) electrons. The van der Waals surface area contributed by atoms with Crippen molar-refractivity contribution in [3.63, 3.8) is 0 Å².